The summed E-state index contributed by atoms with van der Waals surface area (Å²) in [5, 5.41) is 2.60. The van der Waals surface area contributed by atoms with Crippen molar-refractivity contribution in [1.29, 1.82) is 0 Å². The van der Waals surface area contributed by atoms with Crippen molar-refractivity contribution in [3.63, 3.8) is 0 Å². The number of benzene rings is 1. The van der Waals surface area contributed by atoms with Gasteiger partial charge in [-0.25, -0.2) is 8.42 Å². The summed E-state index contributed by atoms with van der Waals surface area (Å²) in [6.07, 6.45) is 5.08. The molecule has 0 unspecified atom stereocenters. The first kappa shape index (κ1) is 17.9. The summed E-state index contributed by atoms with van der Waals surface area (Å²) in [4.78, 5) is 23.7. The molecule has 1 atom stereocenters. The van der Waals surface area contributed by atoms with E-state index in [2.05, 4.69) is 17.4 Å². The lowest BCUT2D eigenvalue weighted by Crippen LogP contribution is -2.38. The Morgan fingerprint density at radius 1 is 1.16 bits per heavy atom. The minimum absolute atomic E-state index is 0.0399. The van der Waals surface area contributed by atoms with Crippen LogP contribution in [0, 0.1) is 0 Å². The quantitative estimate of drug-likeness (QED) is 0.785. The van der Waals surface area contributed by atoms with E-state index < -0.39 is 21.7 Å². The number of rotatable bonds is 5. The molecule has 0 radical (unpaired) electrons. The van der Waals surface area contributed by atoms with Crippen molar-refractivity contribution in [3.8, 4) is 0 Å². The molecule has 1 aliphatic heterocycles. The van der Waals surface area contributed by atoms with Gasteiger partial charge in [-0.2, -0.15) is 0 Å². The van der Waals surface area contributed by atoms with E-state index in [4.69, 9.17) is 4.74 Å². The molecular weight excluding hydrogens is 342 g/mol. The van der Waals surface area contributed by atoms with E-state index in [9.17, 15) is 18.0 Å². The topological polar surface area (TPSA) is 89.5 Å². The molecule has 1 aliphatic carbocycles. The first-order valence-electron chi connectivity index (χ1n) is 8.67. The fourth-order valence-electron chi connectivity index (χ4n) is 3.44. The van der Waals surface area contributed by atoms with Gasteiger partial charge in [0.05, 0.1) is 17.9 Å². The van der Waals surface area contributed by atoms with Crippen LogP contribution in [0.4, 0.5) is 0 Å². The molecule has 1 aromatic carbocycles. The predicted octanol–water partition coefficient (Wildman–Crippen LogP) is 0.954. The lowest BCUT2D eigenvalue weighted by Gasteiger charge is -2.16. The molecule has 1 aromatic rings. The normalized spacial score (nSPS) is 21.4. The van der Waals surface area contributed by atoms with Gasteiger partial charge in [-0.05, 0) is 48.8 Å². The van der Waals surface area contributed by atoms with Crippen LogP contribution in [0.1, 0.15) is 36.0 Å². The van der Waals surface area contributed by atoms with E-state index in [-0.39, 0.29) is 30.6 Å². The Labute approximate surface area is 147 Å². The SMILES string of the molecule is O=C(COC(=O)Cc1ccc2c(c1)CCCC2)N[C@@H]1CCS(=O)(=O)C1. The van der Waals surface area contributed by atoms with Crippen molar-refractivity contribution in [3.05, 3.63) is 34.9 Å². The van der Waals surface area contributed by atoms with E-state index in [1.807, 2.05) is 6.07 Å². The molecule has 3 rings (SSSR count). The van der Waals surface area contributed by atoms with E-state index in [1.54, 1.807) is 0 Å². The number of sulfone groups is 1. The third-order valence-electron chi connectivity index (χ3n) is 4.72. The van der Waals surface area contributed by atoms with Crippen molar-refractivity contribution in [2.75, 3.05) is 18.1 Å². The second kappa shape index (κ2) is 7.56. The molecule has 1 heterocycles. The van der Waals surface area contributed by atoms with Gasteiger partial charge in [-0.15, -0.1) is 0 Å². The number of ether oxygens (including phenoxy) is 1. The van der Waals surface area contributed by atoms with Gasteiger partial charge in [0.25, 0.3) is 5.91 Å². The van der Waals surface area contributed by atoms with Crippen molar-refractivity contribution in [1.82, 2.24) is 5.32 Å². The highest BCUT2D eigenvalue weighted by molar-refractivity contribution is 7.91. The van der Waals surface area contributed by atoms with E-state index in [0.29, 0.717) is 6.42 Å². The molecule has 7 heteroatoms. The Morgan fingerprint density at radius 3 is 2.64 bits per heavy atom. The van der Waals surface area contributed by atoms with Crippen LogP contribution in [0.25, 0.3) is 0 Å². The number of nitrogens with one attached hydrogen (secondary N) is 1. The standard InChI is InChI=1S/C18H23NO5S/c20-17(19-16-7-8-25(22,23)12-16)11-24-18(21)10-13-5-6-14-3-1-2-4-15(14)9-13/h5-6,9,16H,1-4,7-8,10-12H2,(H,19,20)/t16-/m1/s1. The highest BCUT2D eigenvalue weighted by Gasteiger charge is 2.29. The molecule has 0 spiro atoms. The maximum atomic E-state index is 11.9. The van der Waals surface area contributed by atoms with Gasteiger partial charge in [0.15, 0.2) is 16.4 Å². The fourth-order valence-corrected chi connectivity index (χ4v) is 5.11. The number of hydrogen-bond donors (Lipinski definition) is 1. The molecule has 1 N–H and O–H groups in total. The maximum absolute atomic E-state index is 11.9. The molecule has 25 heavy (non-hydrogen) atoms. The van der Waals surface area contributed by atoms with E-state index >= 15 is 0 Å². The molecule has 6 nitrogen and oxygen atoms in total. The maximum Gasteiger partial charge on any atom is 0.310 e. The van der Waals surface area contributed by atoms with Crippen molar-refractivity contribution < 1.29 is 22.7 Å². The lowest BCUT2D eigenvalue weighted by molar-refractivity contribution is -0.148. The van der Waals surface area contributed by atoms with Gasteiger partial charge in [-0.3, -0.25) is 9.59 Å². The zero-order valence-corrected chi connectivity index (χ0v) is 14.9. The molecule has 0 aromatic heterocycles. The summed E-state index contributed by atoms with van der Waals surface area (Å²) < 4.78 is 27.7. The number of carbonyl (C=O) groups is 2. The van der Waals surface area contributed by atoms with Crippen LogP contribution >= 0.6 is 0 Å². The number of esters is 1. The minimum Gasteiger partial charge on any atom is -0.455 e. The largest absolute Gasteiger partial charge is 0.455 e. The fraction of sp³-hybridized carbons (Fsp3) is 0.556. The Hall–Kier alpha value is -1.89. The minimum atomic E-state index is -3.04. The summed E-state index contributed by atoms with van der Waals surface area (Å²) in [5.41, 5.74) is 3.55. The average Bonchev–Trinajstić information content (AvgIpc) is 2.91. The second-order valence-corrected chi connectivity index (χ2v) is 9.04. The predicted molar refractivity (Wildman–Crippen MR) is 92.9 cm³/mol. The second-order valence-electron chi connectivity index (χ2n) is 6.82. The third-order valence-corrected chi connectivity index (χ3v) is 6.49. The zero-order chi connectivity index (χ0) is 17.9. The number of hydrogen-bond acceptors (Lipinski definition) is 5. The summed E-state index contributed by atoms with van der Waals surface area (Å²) in [6, 6.07) is 5.69. The van der Waals surface area contributed by atoms with Crippen LogP contribution in [0.3, 0.4) is 0 Å². The van der Waals surface area contributed by atoms with Crippen molar-refractivity contribution in [2.45, 2.75) is 44.6 Å². The molecule has 1 amide bonds. The summed E-state index contributed by atoms with van der Waals surface area (Å²) in [5.74, 6) is -0.858. The monoisotopic (exact) mass is 365 g/mol. The van der Waals surface area contributed by atoms with Crippen LogP contribution in [0.15, 0.2) is 18.2 Å². The molecule has 0 bridgehead atoms. The number of amides is 1. The van der Waals surface area contributed by atoms with Crippen molar-refractivity contribution >= 4 is 21.7 Å². The molecule has 1 fully saturated rings. The Kier molecular flexibility index (Phi) is 5.42. The van der Waals surface area contributed by atoms with Gasteiger partial charge >= 0.3 is 5.97 Å². The van der Waals surface area contributed by atoms with Crippen molar-refractivity contribution in [2.24, 2.45) is 0 Å². The summed E-state index contributed by atoms with van der Waals surface area (Å²) in [7, 11) is -3.04. The molecule has 136 valence electrons. The summed E-state index contributed by atoms with van der Waals surface area (Å²) in [6.45, 7) is -0.375. The Morgan fingerprint density at radius 2 is 1.92 bits per heavy atom. The van der Waals surface area contributed by atoms with Crippen LogP contribution < -0.4 is 5.32 Å². The van der Waals surface area contributed by atoms with Gasteiger partial charge in [0, 0.05) is 6.04 Å². The zero-order valence-electron chi connectivity index (χ0n) is 14.1. The highest BCUT2D eigenvalue weighted by Crippen LogP contribution is 2.22. The van der Waals surface area contributed by atoms with E-state index in [1.165, 1.54) is 24.0 Å². The van der Waals surface area contributed by atoms with Gasteiger partial charge < -0.3 is 10.1 Å². The Balaban J connectivity index is 1.44. The average molecular weight is 365 g/mol. The molecule has 1 saturated heterocycles. The Bertz CT molecular complexity index is 772. The molecular formula is C18H23NO5S. The molecule has 2 aliphatic rings. The third kappa shape index (κ3) is 5.04. The van der Waals surface area contributed by atoms with Crippen LogP contribution in [-0.2, 0) is 43.4 Å². The lowest BCUT2D eigenvalue weighted by atomic mass is 9.90. The first-order valence-corrected chi connectivity index (χ1v) is 10.5. The van der Waals surface area contributed by atoms with Gasteiger partial charge in [0.2, 0.25) is 0 Å². The van der Waals surface area contributed by atoms with Crippen LogP contribution in [-0.4, -0.2) is 44.4 Å². The first-order chi connectivity index (χ1) is 11.9. The summed E-state index contributed by atoms with van der Waals surface area (Å²) >= 11 is 0. The highest BCUT2D eigenvalue weighted by atomic mass is 32.2. The number of fused-ring (bicyclic) bond motifs is 1. The smallest absolute Gasteiger partial charge is 0.310 e. The van der Waals surface area contributed by atoms with Gasteiger partial charge in [0.1, 0.15) is 0 Å². The van der Waals surface area contributed by atoms with Gasteiger partial charge in [-0.1, -0.05) is 18.2 Å². The van der Waals surface area contributed by atoms with E-state index in [0.717, 1.165) is 18.4 Å². The van der Waals surface area contributed by atoms with Crippen LogP contribution in [0.2, 0.25) is 0 Å². The number of aryl methyl sites for hydroxylation is 2. The molecule has 0 saturated carbocycles. The number of carbonyl (C=O) groups excluding carboxylic acids is 2. The van der Waals surface area contributed by atoms with Crippen LogP contribution in [0.5, 0.6) is 0 Å².